The van der Waals surface area contributed by atoms with Crippen LogP contribution in [0.2, 0.25) is 0 Å². The van der Waals surface area contributed by atoms with Crippen molar-refractivity contribution in [3.05, 3.63) is 64.2 Å². The predicted molar refractivity (Wildman–Crippen MR) is 118 cm³/mol. The van der Waals surface area contributed by atoms with Gasteiger partial charge < -0.3 is 9.88 Å². The molecule has 30 heavy (non-hydrogen) atoms. The summed E-state index contributed by atoms with van der Waals surface area (Å²) in [6, 6.07) is 11.3. The summed E-state index contributed by atoms with van der Waals surface area (Å²) in [5, 5.41) is 5.51. The maximum atomic E-state index is 13.0. The van der Waals surface area contributed by atoms with Crippen molar-refractivity contribution >= 4 is 16.8 Å². The maximum Gasteiger partial charge on any atom is 0.266 e. The van der Waals surface area contributed by atoms with Gasteiger partial charge in [-0.05, 0) is 12.1 Å². The molecule has 1 aliphatic heterocycles. The molecule has 158 valence electrons. The van der Waals surface area contributed by atoms with E-state index in [4.69, 9.17) is 0 Å². The van der Waals surface area contributed by atoms with E-state index in [1.165, 1.54) is 0 Å². The van der Waals surface area contributed by atoms with Crippen molar-refractivity contribution in [2.75, 3.05) is 32.7 Å². The number of nitrogens with zero attached hydrogens (tertiary/aromatic N) is 4. The highest BCUT2D eigenvalue weighted by Crippen LogP contribution is 2.20. The van der Waals surface area contributed by atoms with Gasteiger partial charge in [0, 0.05) is 61.3 Å². The van der Waals surface area contributed by atoms with Crippen molar-refractivity contribution in [1.29, 1.82) is 0 Å². The Balaban J connectivity index is 1.35. The molecule has 1 aromatic carbocycles. The molecule has 0 unspecified atom stereocenters. The molecule has 0 radical (unpaired) electrons. The van der Waals surface area contributed by atoms with E-state index in [0.29, 0.717) is 19.6 Å². The molecule has 0 atom stereocenters. The lowest BCUT2D eigenvalue weighted by Crippen LogP contribution is -2.49. The Morgan fingerprint density at radius 2 is 1.77 bits per heavy atom. The molecule has 0 spiro atoms. The molecule has 7 heteroatoms. The quantitative estimate of drug-likeness (QED) is 0.721. The highest BCUT2D eigenvalue weighted by Gasteiger charge is 2.24. The van der Waals surface area contributed by atoms with E-state index in [9.17, 15) is 9.59 Å². The summed E-state index contributed by atoms with van der Waals surface area (Å²) in [6.45, 7) is 10.5. The largest absolute Gasteiger partial charge is 0.360 e. The topological polar surface area (TPSA) is 74.2 Å². The van der Waals surface area contributed by atoms with Gasteiger partial charge in [-0.3, -0.25) is 14.5 Å². The van der Waals surface area contributed by atoms with E-state index in [1.54, 1.807) is 16.9 Å². The van der Waals surface area contributed by atoms with Gasteiger partial charge in [-0.1, -0.05) is 39.0 Å². The third kappa shape index (κ3) is 4.16. The lowest BCUT2D eigenvalue weighted by molar-refractivity contribution is 0.0633. The van der Waals surface area contributed by atoms with Gasteiger partial charge in [0.15, 0.2) is 0 Å². The normalized spacial score (nSPS) is 15.6. The third-order valence-corrected chi connectivity index (χ3v) is 5.74. The van der Waals surface area contributed by atoms with Crippen molar-refractivity contribution < 1.29 is 4.79 Å². The van der Waals surface area contributed by atoms with E-state index in [-0.39, 0.29) is 16.9 Å². The van der Waals surface area contributed by atoms with Crippen molar-refractivity contribution in [1.82, 2.24) is 24.6 Å². The lowest BCUT2D eigenvalue weighted by atomic mass is 9.92. The maximum absolute atomic E-state index is 13.0. The van der Waals surface area contributed by atoms with Crippen LogP contribution in [0.25, 0.3) is 10.9 Å². The fraction of sp³-hybridized carbons (Fsp3) is 0.435. The number of fused-ring (bicyclic) bond motifs is 1. The van der Waals surface area contributed by atoms with E-state index in [0.717, 1.165) is 41.8 Å². The van der Waals surface area contributed by atoms with Crippen LogP contribution in [0.1, 0.15) is 36.8 Å². The van der Waals surface area contributed by atoms with Gasteiger partial charge in [0.2, 0.25) is 0 Å². The number of carbonyl (C=O) groups excluding carboxylic acids is 1. The molecule has 1 aliphatic rings. The van der Waals surface area contributed by atoms with Gasteiger partial charge in [0.25, 0.3) is 11.5 Å². The number of hydrogen-bond donors (Lipinski definition) is 1. The minimum atomic E-state index is -0.0934. The first kappa shape index (κ1) is 20.3. The number of amides is 1. The van der Waals surface area contributed by atoms with Gasteiger partial charge in [0.05, 0.1) is 17.8 Å². The summed E-state index contributed by atoms with van der Waals surface area (Å²) in [6.07, 6.45) is 1.81. The zero-order valence-electron chi connectivity index (χ0n) is 17.9. The molecule has 2 aromatic heterocycles. The van der Waals surface area contributed by atoms with E-state index in [2.05, 4.69) is 35.8 Å². The molecular weight excluding hydrogens is 378 g/mol. The minimum absolute atomic E-state index is 0.0721. The number of para-hydroxylation sites is 1. The van der Waals surface area contributed by atoms with Gasteiger partial charge in [0.1, 0.15) is 0 Å². The van der Waals surface area contributed by atoms with Crippen LogP contribution < -0.4 is 5.56 Å². The van der Waals surface area contributed by atoms with Crippen molar-refractivity contribution in [3.63, 3.8) is 0 Å². The van der Waals surface area contributed by atoms with Gasteiger partial charge in [-0.25, -0.2) is 4.68 Å². The van der Waals surface area contributed by atoms with Crippen LogP contribution in [-0.2, 0) is 12.0 Å². The molecule has 1 amide bonds. The van der Waals surface area contributed by atoms with Crippen molar-refractivity contribution in [2.24, 2.45) is 0 Å². The lowest BCUT2D eigenvalue weighted by Gasteiger charge is -2.34. The van der Waals surface area contributed by atoms with E-state index < -0.39 is 0 Å². The number of carbonyl (C=O) groups is 1. The standard InChI is InChI=1S/C23H29N5O2/c1-23(2,3)20-8-9-21(29)28(25-20)15-12-26-10-13-27(14-11-26)22(30)18-16-24-19-7-5-4-6-17(18)19/h4-9,16,24H,10-15H2,1-3H3. The smallest absolute Gasteiger partial charge is 0.266 e. The van der Waals surface area contributed by atoms with Crippen LogP contribution in [0.4, 0.5) is 0 Å². The van der Waals surface area contributed by atoms with Crippen LogP contribution in [0, 0.1) is 0 Å². The Kier molecular flexibility index (Phi) is 5.47. The third-order valence-electron chi connectivity index (χ3n) is 5.74. The number of aromatic nitrogens is 3. The highest BCUT2D eigenvalue weighted by molar-refractivity contribution is 6.06. The van der Waals surface area contributed by atoms with Gasteiger partial charge >= 0.3 is 0 Å². The monoisotopic (exact) mass is 407 g/mol. The fourth-order valence-corrected chi connectivity index (χ4v) is 3.84. The zero-order chi connectivity index (χ0) is 21.3. The van der Waals surface area contributed by atoms with Crippen molar-refractivity contribution in [2.45, 2.75) is 32.7 Å². The second kappa shape index (κ2) is 8.07. The Morgan fingerprint density at radius 3 is 2.50 bits per heavy atom. The van der Waals surface area contributed by atoms with Crippen LogP contribution in [0.5, 0.6) is 0 Å². The molecule has 0 saturated carbocycles. The number of nitrogens with one attached hydrogen (secondary N) is 1. The molecule has 0 aliphatic carbocycles. The second-order valence-electron chi connectivity index (χ2n) is 8.91. The fourth-order valence-electron chi connectivity index (χ4n) is 3.84. The number of benzene rings is 1. The summed E-state index contributed by atoms with van der Waals surface area (Å²) >= 11 is 0. The number of hydrogen-bond acceptors (Lipinski definition) is 4. The molecule has 3 aromatic rings. The van der Waals surface area contributed by atoms with Gasteiger partial charge in [-0.15, -0.1) is 0 Å². The zero-order valence-corrected chi connectivity index (χ0v) is 17.9. The Labute approximate surface area is 176 Å². The summed E-state index contributed by atoms with van der Waals surface area (Å²) < 4.78 is 1.56. The first-order valence-electron chi connectivity index (χ1n) is 10.5. The number of aromatic amines is 1. The average Bonchev–Trinajstić information content (AvgIpc) is 3.16. The number of piperazine rings is 1. The van der Waals surface area contributed by atoms with Crippen molar-refractivity contribution in [3.8, 4) is 0 Å². The first-order chi connectivity index (χ1) is 14.3. The van der Waals surface area contributed by atoms with E-state index >= 15 is 0 Å². The number of rotatable bonds is 4. The summed E-state index contributed by atoms with van der Waals surface area (Å²) in [5.74, 6) is 0.0721. The molecule has 4 rings (SSSR count). The Morgan fingerprint density at radius 1 is 1.03 bits per heavy atom. The van der Waals surface area contributed by atoms with Crippen LogP contribution in [0.15, 0.2) is 47.4 Å². The van der Waals surface area contributed by atoms with Crippen LogP contribution in [-0.4, -0.2) is 63.2 Å². The van der Waals surface area contributed by atoms with E-state index in [1.807, 2.05) is 35.2 Å². The second-order valence-corrected chi connectivity index (χ2v) is 8.91. The molecule has 0 bridgehead atoms. The molecule has 1 saturated heterocycles. The van der Waals surface area contributed by atoms with Gasteiger partial charge in [-0.2, -0.15) is 5.10 Å². The molecule has 1 fully saturated rings. The minimum Gasteiger partial charge on any atom is -0.360 e. The molecule has 1 N–H and O–H groups in total. The summed E-state index contributed by atoms with van der Waals surface area (Å²) in [5.41, 5.74) is 2.46. The van der Waals surface area contributed by atoms with Crippen LogP contribution >= 0.6 is 0 Å². The molecular formula is C23H29N5O2. The Hall–Kier alpha value is -2.93. The molecule has 3 heterocycles. The highest BCUT2D eigenvalue weighted by atomic mass is 16.2. The van der Waals surface area contributed by atoms with Crippen LogP contribution in [0.3, 0.4) is 0 Å². The summed E-state index contributed by atoms with van der Waals surface area (Å²) in [7, 11) is 0. The predicted octanol–water partition coefficient (Wildman–Crippen LogP) is 2.48. The first-order valence-corrected chi connectivity index (χ1v) is 10.5. The molecule has 7 nitrogen and oxygen atoms in total. The summed E-state index contributed by atoms with van der Waals surface area (Å²) in [4.78, 5) is 32.5. The average molecular weight is 408 g/mol. The number of H-pyrrole nitrogens is 1. The Bertz CT molecular complexity index is 1100. The SMILES string of the molecule is CC(C)(C)c1ccc(=O)n(CCN2CCN(C(=O)c3c[nH]c4ccccc34)CC2)n1.